The molecule has 0 bridgehead atoms. The first kappa shape index (κ1) is 13.8. The van der Waals surface area contributed by atoms with E-state index in [0.29, 0.717) is 5.92 Å². The van der Waals surface area contributed by atoms with Gasteiger partial charge in [-0.2, -0.15) is 5.10 Å². The maximum absolute atomic E-state index is 4.79. The highest BCUT2D eigenvalue weighted by atomic mass is 32.1. The van der Waals surface area contributed by atoms with Crippen LogP contribution >= 0.6 is 11.3 Å². The number of fused-ring (bicyclic) bond motifs is 1. The van der Waals surface area contributed by atoms with E-state index in [-0.39, 0.29) is 0 Å². The molecule has 1 aliphatic heterocycles. The standard InChI is InChI=1S/C16H19N5S/c1-12-8-15(19-16-2-5-18-21(12)16)13-3-6-20(7-4-13)9-14-10-22-11-17-14/h2,5,8,10-11,13H,3-4,6-7,9H2,1H3. The van der Waals surface area contributed by atoms with E-state index in [9.17, 15) is 0 Å². The van der Waals surface area contributed by atoms with Gasteiger partial charge in [-0.25, -0.2) is 14.5 Å². The number of aryl methyl sites for hydroxylation is 1. The highest BCUT2D eigenvalue weighted by molar-refractivity contribution is 7.07. The van der Waals surface area contributed by atoms with Crippen molar-refractivity contribution in [2.24, 2.45) is 0 Å². The molecule has 4 heterocycles. The Labute approximate surface area is 133 Å². The predicted octanol–water partition coefficient (Wildman–Crippen LogP) is 2.87. The maximum Gasteiger partial charge on any atom is 0.155 e. The topological polar surface area (TPSA) is 46.3 Å². The van der Waals surface area contributed by atoms with Gasteiger partial charge in [0.25, 0.3) is 0 Å². The largest absolute Gasteiger partial charge is 0.297 e. The van der Waals surface area contributed by atoms with E-state index < -0.39 is 0 Å². The van der Waals surface area contributed by atoms with Crippen molar-refractivity contribution < 1.29 is 0 Å². The van der Waals surface area contributed by atoms with Crippen LogP contribution in [0, 0.1) is 6.92 Å². The molecule has 0 aromatic carbocycles. The molecule has 0 radical (unpaired) electrons. The van der Waals surface area contributed by atoms with Crippen LogP contribution in [0.1, 0.15) is 35.8 Å². The molecule has 114 valence electrons. The summed E-state index contributed by atoms with van der Waals surface area (Å²) in [7, 11) is 0. The van der Waals surface area contributed by atoms with Crippen LogP contribution in [0.2, 0.25) is 0 Å². The van der Waals surface area contributed by atoms with Crippen LogP contribution in [0.5, 0.6) is 0 Å². The summed E-state index contributed by atoms with van der Waals surface area (Å²) in [5.74, 6) is 0.560. The van der Waals surface area contributed by atoms with Gasteiger partial charge in [-0.05, 0) is 38.9 Å². The summed E-state index contributed by atoms with van der Waals surface area (Å²) in [4.78, 5) is 11.7. The van der Waals surface area contributed by atoms with E-state index in [1.807, 2.05) is 22.3 Å². The average Bonchev–Trinajstić information content (AvgIpc) is 3.19. The molecule has 6 heteroatoms. The molecule has 0 amide bonds. The minimum Gasteiger partial charge on any atom is -0.297 e. The molecule has 5 nitrogen and oxygen atoms in total. The van der Waals surface area contributed by atoms with Gasteiger partial charge in [-0.3, -0.25) is 4.90 Å². The van der Waals surface area contributed by atoms with Gasteiger partial charge in [0.1, 0.15) is 0 Å². The van der Waals surface area contributed by atoms with Crippen LogP contribution in [0.25, 0.3) is 5.65 Å². The minimum absolute atomic E-state index is 0.560. The zero-order chi connectivity index (χ0) is 14.9. The molecule has 1 fully saturated rings. The van der Waals surface area contributed by atoms with Gasteiger partial charge in [0.2, 0.25) is 0 Å². The second-order valence-electron chi connectivity index (χ2n) is 5.95. The molecular formula is C16H19N5S. The van der Waals surface area contributed by atoms with E-state index in [0.717, 1.165) is 31.0 Å². The third kappa shape index (κ3) is 2.64. The molecule has 1 saturated heterocycles. The lowest BCUT2D eigenvalue weighted by molar-refractivity contribution is 0.201. The molecule has 0 N–H and O–H groups in total. The van der Waals surface area contributed by atoms with Crippen LogP contribution in [0.15, 0.2) is 29.2 Å². The summed E-state index contributed by atoms with van der Waals surface area (Å²) in [5, 5.41) is 6.44. The van der Waals surface area contributed by atoms with Crippen LogP contribution in [-0.4, -0.2) is 37.6 Å². The van der Waals surface area contributed by atoms with Crippen LogP contribution in [0.3, 0.4) is 0 Å². The Hall–Kier alpha value is -1.79. The molecule has 3 aromatic rings. The first-order valence-electron chi connectivity index (χ1n) is 7.70. The quantitative estimate of drug-likeness (QED) is 0.746. The zero-order valence-corrected chi connectivity index (χ0v) is 13.5. The third-order valence-electron chi connectivity index (χ3n) is 4.43. The van der Waals surface area contributed by atoms with Crippen molar-refractivity contribution in [1.82, 2.24) is 24.5 Å². The fourth-order valence-electron chi connectivity index (χ4n) is 3.23. The first-order chi connectivity index (χ1) is 10.8. The lowest BCUT2D eigenvalue weighted by Gasteiger charge is -2.31. The van der Waals surface area contributed by atoms with Crippen LogP contribution in [0.4, 0.5) is 0 Å². The maximum atomic E-state index is 4.79. The van der Waals surface area contributed by atoms with Crippen molar-refractivity contribution in [2.75, 3.05) is 13.1 Å². The van der Waals surface area contributed by atoms with Crippen LogP contribution in [-0.2, 0) is 6.54 Å². The van der Waals surface area contributed by atoms with Crippen molar-refractivity contribution >= 4 is 17.0 Å². The summed E-state index contributed by atoms with van der Waals surface area (Å²) in [6, 6.07) is 4.18. The molecule has 0 atom stereocenters. The van der Waals surface area contributed by atoms with Crippen molar-refractivity contribution in [3.8, 4) is 0 Å². The second-order valence-corrected chi connectivity index (χ2v) is 6.67. The monoisotopic (exact) mass is 313 g/mol. The predicted molar refractivity (Wildman–Crippen MR) is 87.1 cm³/mol. The Morgan fingerprint density at radius 1 is 1.32 bits per heavy atom. The minimum atomic E-state index is 0.560. The normalized spacial score (nSPS) is 17.3. The highest BCUT2D eigenvalue weighted by Gasteiger charge is 2.22. The SMILES string of the molecule is Cc1cc(C2CCN(Cc3cscn3)CC2)nc2ccnn12. The van der Waals surface area contributed by atoms with Gasteiger partial charge in [0, 0.05) is 35.3 Å². The Kier molecular flexibility index (Phi) is 3.63. The van der Waals surface area contributed by atoms with E-state index in [2.05, 4.69) is 33.4 Å². The average molecular weight is 313 g/mol. The molecular weight excluding hydrogens is 294 g/mol. The van der Waals surface area contributed by atoms with Gasteiger partial charge in [0.05, 0.1) is 17.4 Å². The van der Waals surface area contributed by atoms with E-state index >= 15 is 0 Å². The van der Waals surface area contributed by atoms with E-state index in [1.165, 1.54) is 24.2 Å². The van der Waals surface area contributed by atoms with E-state index in [1.54, 1.807) is 11.3 Å². The molecule has 4 rings (SSSR count). The van der Waals surface area contributed by atoms with Gasteiger partial charge in [0.15, 0.2) is 5.65 Å². The Morgan fingerprint density at radius 2 is 2.18 bits per heavy atom. The summed E-state index contributed by atoms with van der Waals surface area (Å²) in [5.41, 5.74) is 6.45. The summed E-state index contributed by atoms with van der Waals surface area (Å²) >= 11 is 1.67. The molecule has 3 aromatic heterocycles. The molecule has 0 saturated carbocycles. The Morgan fingerprint density at radius 3 is 2.95 bits per heavy atom. The van der Waals surface area contributed by atoms with Crippen molar-refractivity contribution in [2.45, 2.75) is 32.2 Å². The van der Waals surface area contributed by atoms with Gasteiger partial charge in [-0.15, -0.1) is 11.3 Å². The van der Waals surface area contributed by atoms with Crippen LogP contribution < -0.4 is 0 Å². The molecule has 0 spiro atoms. The van der Waals surface area contributed by atoms with Gasteiger partial charge < -0.3 is 0 Å². The lowest BCUT2D eigenvalue weighted by Crippen LogP contribution is -2.32. The number of nitrogens with zero attached hydrogens (tertiary/aromatic N) is 5. The van der Waals surface area contributed by atoms with Crippen molar-refractivity contribution in [3.05, 3.63) is 46.3 Å². The molecule has 22 heavy (non-hydrogen) atoms. The number of aromatic nitrogens is 4. The summed E-state index contributed by atoms with van der Waals surface area (Å²) in [6.07, 6.45) is 4.15. The number of hydrogen-bond donors (Lipinski definition) is 0. The molecule has 0 aliphatic carbocycles. The first-order valence-corrected chi connectivity index (χ1v) is 8.64. The number of hydrogen-bond acceptors (Lipinski definition) is 5. The Bertz CT molecular complexity index is 756. The van der Waals surface area contributed by atoms with Crippen molar-refractivity contribution in [1.29, 1.82) is 0 Å². The number of likely N-dealkylation sites (tertiary alicyclic amines) is 1. The molecule has 1 aliphatic rings. The van der Waals surface area contributed by atoms with E-state index in [4.69, 9.17) is 4.98 Å². The zero-order valence-electron chi connectivity index (χ0n) is 12.6. The fraction of sp³-hybridized carbons (Fsp3) is 0.438. The van der Waals surface area contributed by atoms with Gasteiger partial charge >= 0.3 is 0 Å². The molecule has 0 unspecified atom stereocenters. The Balaban J connectivity index is 1.46. The third-order valence-corrected chi connectivity index (χ3v) is 5.07. The highest BCUT2D eigenvalue weighted by Crippen LogP contribution is 2.28. The van der Waals surface area contributed by atoms with Crippen molar-refractivity contribution in [3.63, 3.8) is 0 Å². The number of rotatable bonds is 3. The summed E-state index contributed by atoms with van der Waals surface area (Å²) < 4.78 is 1.90. The smallest absolute Gasteiger partial charge is 0.155 e. The lowest BCUT2D eigenvalue weighted by atomic mass is 9.93. The number of piperidine rings is 1. The second kappa shape index (κ2) is 5.78. The fourth-order valence-corrected chi connectivity index (χ4v) is 3.78. The number of thiazole rings is 1. The summed E-state index contributed by atoms with van der Waals surface area (Å²) in [6.45, 7) is 5.31. The van der Waals surface area contributed by atoms with Gasteiger partial charge in [-0.1, -0.05) is 0 Å².